The lowest BCUT2D eigenvalue weighted by Gasteiger charge is -2.12. The average molecular weight is 339 g/mol. The van der Waals surface area contributed by atoms with Crippen LogP contribution in [0.4, 0.5) is 18.9 Å². The van der Waals surface area contributed by atoms with Gasteiger partial charge in [-0.05, 0) is 19.1 Å². The molecule has 1 N–H and O–H groups in total. The summed E-state index contributed by atoms with van der Waals surface area (Å²) in [4.78, 5) is 11.5. The van der Waals surface area contributed by atoms with Crippen LogP contribution in [-0.2, 0) is 11.0 Å². The Kier molecular flexibility index (Phi) is 5.80. The molecule has 0 heterocycles. The van der Waals surface area contributed by atoms with Crippen molar-refractivity contribution in [3.63, 3.8) is 0 Å². The quantitative estimate of drug-likeness (QED) is 0.469. The lowest BCUT2D eigenvalue weighted by molar-refractivity contribution is -0.137. The number of carbonyl (C=O) groups excluding carboxylic acids is 1. The number of ketones is 1. The number of carbonyl (C=O) groups is 1. The predicted molar refractivity (Wildman–Crippen MR) is 78.0 cm³/mol. The first kappa shape index (κ1) is 17.5. The molecule has 0 spiro atoms. The van der Waals surface area contributed by atoms with Crippen LogP contribution in [0.3, 0.4) is 0 Å². The van der Waals surface area contributed by atoms with E-state index in [9.17, 15) is 18.0 Å². The topological polar surface area (TPSA) is 41.5 Å². The van der Waals surface area contributed by atoms with Gasteiger partial charge in [0.25, 0.3) is 0 Å². The summed E-state index contributed by atoms with van der Waals surface area (Å²) in [6.45, 7) is 4.87. The number of nitrogens with one attached hydrogen (secondary N) is 1. The monoisotopic (exact) mass is 338 g/mol. The summed E-state index contributed by atoms with van der Waals surface area (Å²) in [6.07, 6.45) is -3.03. The van der Waals surface area contributed by atoms with Crippen LogP contribution in [-0.4, -0.2) is 11.5 Å². The molecular weight excluding hydrogens is 328 g/mol. The molecule has 0 unspecified atom stereocenters. The molecule has 3 nitrogen and oxygen atoms in total. The van der Waals surface area contributed by atoms with Crippen molar-refractivity contribution in [2.24, 2.45) is 5.10 Å². The second kappa shape index (κ2) is 6.95. The minimum atomic E-state index is -4.55. The molecule has 0 amide bonds. The molecule has 0 radical (unpaired) electrons. The number of hydrogen-bond donors (Lipinski definition) is 1. The highest BCUT2D eigenvalue weighted by Crippen LogP contribution is 2.38. The molecule has 0 aromatic heterocycles. The number of allylic oxidation sites excluding steroid dienone is 1. The fraction of sp³-hybridized carbons (Fsp3) is 0.231. The summed E-state index contributed by atoms with van der Waals surface area (Å²) in [5.41, 5.74) is 1.56. The van der Waals surface area contributed by atoms with Crippen molar-refractivity contribution < 1.29 is 18.0 Å². The lowest BCUT2D eigenvalue weighted by Crippen LogP contribution is -2.11. The van der Waals surface area contributed by atoms with Gasteiger partial charge in [0, 0.05) is 6.42 Å². The zero-order valence-electron chi connectivity index (χ0n) is 10.9. The number of rotatable bonds is 5. The summed E-state index contributed by atoms with van der Waals surface area (Å²) in [5.74, 6) is -0.281. The molecule has 0 saturated carbocycles. The molecule has 0 fully saturated rings. The zero-order chi connectivity index (χ0) is 16.2. The second-order valence-corrected chi connectivity index (χ2v) is 4.85. The van der Waals surface area contributed by atoms with E-state index in [4.69, 9.17) is 23.2 Å². The van der Waals surface area contributed by atoms with Gasteiger partial charge in [0.1, 0.15) is 5.71 Å². The van der Waals surface area contributed by atoms with Crippen molar-refractivity contribution in [2.75, 3.05) is 5.43 Å². The van der Waals surface area contributed by atoms with Crippen LogP contribution in [0.25, 0.3) is 0 Å². The number of hydrogen-bond acceptors (Lipinski definition) is 3. The largest absolute Gasteiger partial charge is 0.416 e. The number of alkyl halides is 3. The maximum absolute atomic E-state index is 12.6. The first-order valence-electron chi connectivity index (χ1n) is 5.67. The van der Waals surface area contributed by atoms with Gasteiger partial charge in [0.05, 0.1) is 21.3 Å². The van der Waals surface area contributed by atoms with E-state index >= 15 is 0 Å². The SMILES string of the molecule is C=CCC(=O)/C(C)=N/Nc1c(Cl)cc(C(F)(F)F)cc1Cl. The zero-order valence-corrected chi connectivity index (χ0v) is 12.4. The Morgan fingerprint density at radius 1 is 1.38 bits per heavy atom. The van der Waals surface area contributed by atoms with E-state index < -0.39 is 11.7 Å². The van der Waals surface area contributed by atoms with Gasteiger partial charge in [-0.1, -0.05) is 29.3 Å². The first-order valence-corrected chi connectivity index (χ1v) is 6.43. The van der Waals surface area contributed by atoms with Crippen molar-refractivity contribution in [2.45, 2.75) is 19.5 Å². The van der Waals surface area contributed by atoms with Gasteiger partial charge in [-0.25, -0.2) is 0 Å². The third-order valence-corrected chi connectivity index (χ3v) is 3.03. The first-order chi connectivity index (χ1) is 9.66. The van der Waals surface area contributed by atoms with Gasteiger partial charge < -0.3 is 0 Å². The summed E-state index contributed by atoms with van der Waals surface area (Å²) in [6, 6.07) is 1.46. The van der Waals surface area contributed by atoms with Crippen molar-refractivity contribution in [3.05, 3.63) is 40.4 Å². The number of halogens is 5. The highest BCUT2D eigenvalue weighted by Gasteiger charge is 2.32. The Bertz CT molecular complexity index is 575. The maximum atomic E-state index is 12.6. The molecule has 0 saturated heterocycles. The summed E-state index contributed by atoms with van der Waals surface area (Å²) >= 11 is 11.5. The fourth-order valence-corrected chi connectivity index (χ4v) is 1.90. The Labute approximate surface area is 129 Å². The van der Waals surface area contributed by atoms with Crippen LogP contribution in [0.1, 0.15) is 18.9 Å². The second-order valence-electron chi connectivity index (χ2n) is 4.04. The summed E-state index contributed by atoms with van der Waals surface area (Å²) in [7, 11) is 0. The van der Waals surface area contributed by atoms with Gasteiger partial charge in [-0.2, -0.15) is 18.3 Å². The normalized spacial score (nSPS) is 12.2. The number of Topliss-reactive ketones (excluding diaryl/α,β-unsaturated/α-hetero) is 1. The Hall–Kier alpha value is -1.53. The summed E-state index contributed by atoms with van der Waals surface area (Å²) in [5, 5.41) is 3.25. The molecule has 114 valence electrons. The highest BCUT2D eigenvalue weighted by molar-refractivity contribution is 6.40. The number of nitrogens with zero attached hydrogens (tertiary/aromatic N) is 1. The molecule has 21 heavy (non-hydrogen) atoms. The van der Waals surface area contributed by atoms with E-state index in [1.165, 1.54) is 13.0 Å². The number of anilines is 1. The van der Waals surface area contributed by atoms with E-state index in [0.29, 0.717) is 0 Å². The van der Waals surface area contributed by atoms with Gasteiger partial charge in [0.15, 0.2) is 5.78 Å². The van der Waals surface area contributed by atoms with E-state index in [1.54, 1.807) is 0 Å². The van der Waals surface area contributed by atoms with Crippen LogP contribution in [0.15, 0.2) is 29.9 Å². The molecule has 0 bridgehead atoms. The molecule has 0 aliphatic rings. The molecule has 8 heteroatoms. The molecule has 0 aliphatic heterocycles. The van der Waals surface area contributed by atoms with Crippen molar-refractivity contribution >= 4 is 40.4 Å². The van der Waals surface area contributed by atoms with Gasteiger partial charge in [-0.15, -0.1) is 6.58 Å². The summed E-state index contributed by atoms with van der Waals surface area (Å²) < 4.78 is 37.7. The van der Waals surface area contributed by atoms with Crippen molar-refractivity contribution in [1.29, 1.82) is 0 Å². The molecule has 1 aromatic carbocycles. The van der Waals surface area contributed by atoms with E-state index in [-0.39, 0.29) is 33.6 Å². The van der Waals surface area contributed by atoms with E-state index in [0.717, 1.165) is 12.1 Å². The minimum absolute atomic E-state index is 0.00270. The van der Waals surface area contributed by atoms with Gasteiger partial charge in [-0.3, -0.25) is 10.2 Å². The molecule has 1 rings (SSSR count). The Morgan fingerprint density at radius 2 is 1.90 bits per heavy atom. The number of hydrazone groups is 1. The third kappa shape index (κ3) is 4.75. The standard InChI is InChI=1S/C13H11Cl2F3N2O/c1-3-4-11(21)7(2)19-20-12-9(14)5-8(6-10(12)15)13(16,17)18/h3,5-6,20H,1,4H2,2H3/b19-7+. The lowest BCUT2D eigenvalue weighted by atomic mass is 10.2. The minimum Gasteiger partial charge on any atom is -0.292 e. The van der Waals surface area contributed by atoms with E-state index in [2.05, 4.69) is 17.1 Å². The van der Waals surface area contributed by atoms with Crippen LogP contribution < -0.4 is 5.43 Å². The average Bonchev–Trinajstić information content (AvgIpc) is 2.36. The smallest absolute Gasteiger partial charge is 0.292 e. The number of benzene rings is 1. The fourth-order valence-electron chi connectivity index (χ4n) is 1.32. The third-order valence-electron chi connectivity index (χ3n) is 2.44. The van der Waals surface area contributed by atoms with Crippen LogP contribution >= 0.6 is 23.2 Å². The van der Waals surface area contributed by atoms with Gasteiger partial charge in [0.2, 0.25) is 0 Å². The van der Waals surface area contributed by atoms with Crippen LogP contribution in [0, 0.1) is 0 Å². The van der Waals surface area contributed by atoms with Crippen LogP contribution in [0.2, 0.25) is 10.0 Å². The van der Waals surface area contributed by atoms with Gasteiger partial charge >= 0.3 is 6.18 Å². The predicted octanol–water partition coefficient (Wildman–Crippen LogP) is 4.95. The molecular formula is C13H11Cl2F3N2O. The van der Waals surface area contributed by atoms with Crippen molar-refractivity contribution in [1.82, 2.24) is 0 Å². The van der Waals surface area contributed by atoms with Crippen molar-refractivity contribution in [3.8, 4) is 0 Å². The highest BCUT2D eigenvalue weighted by atomic mass is 35.5. The maximum Gasteiger partial charge on any atom is 0.416 e. The molecule has 1 aromatic rings. The Balaban J connectivity index is 3.03. The Morgan fingerprint density at radius 3 is 2.33 bits per heavy atom. The molecule has 0 atom stereocenters. The molecule has 0 aliphatic carbocycles. The van der Waals surface area contributed by atoms with E-state index in [1.807, 2.05) is 0 Å². The van der Waals surface area contributed by atoms with Crippen LogP contribution in [0.5, 0.6) is 0 Å².